The number of terminal acetylenes is 1. The van der Waals surface area contributed by atoms with Crippen LogP contribution in [0.1, 0.15) is 18.4 Å². The highest BCUT2D eigenvalue weighted by atomic mass is 19.1. The van der Waals surface area contributed by atoms with Gasteiger partial charge in [0.15, 0.2) is 0 Å². The summed E-state index contributed by atoms with van der Waals surface area (Å²) in [6.07, 6.45) is 6.97. The zero-order chi connectivity index (χ0) is 23.9. The van der Waals surface area contributed by atoms with Crippen LogP contribution in [0.4, 0.5) is 4.39 Å². The summed E-state index contributed by atoms with van der Waals surface area (Å²) in [6, 6.07) is 15.9. The first-order chi connectivity index (χ1) is 16.5. The van der Waals surface area contributed by atoms with Gasteiger partial charge in [-0.15, -0.1) is 6.42 Å². The lowest BCUT2D eigenvalue weighted by atomic mass is 10.1. The number of aliphatic hydroxyl groups is 1. The Balaban J connectivity index is 1.63. The van der Waals surface area contributed by atoms with Crippen LogP contribution in [0.15, 0.2) is 54.6 Å². The van der Waals surface area contributed by atoms with Crippen molar-refractivity contribution in [1.29, 1.82) is 0 Å². The van der Waals surface area contributed by atoms with Gasteiger partial charge >= 0.3 is 0 Å². The van der Waals surface area contributed by atoms with Crippen LogP contribution in [0.25, 0.3) is 11.3 Å². The molecule has 0 spiro atoms. The van der Waals surface area contributed by atoms with Crippen molar-refractivity contribution in [2.75, 3.05) is 26.3 Å². The molecule has 7 heteroatoms. The van der Waals surface area contributed by atoms with E-state index in [1.807, 2.05) is 37.4 Å². The lowest BCUT2D eigenvalue weighted by Gasteiger charge is -2.25. The van der Waals surface area contributed by atoms with Gasteiger partial charge in [0.05, 0.1) is 18.3 Å². The Morgan fingerprint density at radius 3 is 2.62 bits per heavy atom. The number of rotatable bonds is 12. The molecule has 4 rings (SSSR count). The molecule has 3 aromatic rings. The number of aliphatic hydroxyl groups excluding tert-OH is 1. The molecule has 178 valence electrons. The van der Waals surface area contributed by atoms with Gasteiger partial charge in [-0.1, -0.05) is 36.3 Å². The van der Waals surface area contributed by atoms with Gasteiger partial charge in [0.25, 0.3) is 0 Å². The molecule has 1 saturated carbocycles. The smallest absolute Gasteiger partial charge is 0.222 e. The van der Waals surface area contributed by atoms with E-state index in [0.29, 0.717) is 30.6 Å². The number of nitrogens with zero attached hydrogens (tertiary/aromatic N) is 3. The van der Waals surface area contributed by atoms with Gasteiger partial charge in [-0.05, 0) is 43.0 Å². The topological polar surface area (TPSA) is 59.8 Å². The fourth-order valence-corrected chi connectivity index (χ4v) is 3.96. The molecule has 0 amide bonds. The number of hydrogen-bond donors (Lipinski definition) is 1. The molecule has 1 aromatic heterocycles. The Morgan fingerprint density at radius 2 is 1.94 bits per heavy atom. The zero-order valence-electron chi connectivity index (χ0n) is 19.4. The molecule has 1 fully saturated rings. The summed E-state index contributed by atoms with van der Waals surface area (Å²) in [6.45, 7) is 2.21. The highest BCUT2D eigenvalue weighted by Gasteiger charge is 2.28. The number of halogens is 1. The van der Waals surface area contributed by atoms with Crippen molar-refractivity contribution < 1.29 is 19.0 Å². The molecule has 6 nitrogen and oxygen atoms in total. The second-order valence-corrected chi connectivity index (χ2v) is 8.69. The van der Waals surface area contributed by atoms with Crippen LogP contribution in [0.5, 0.6) is 11.6 Å². The van der Waals surface area contributed by atoms with Gasteiger partial charge in [-0.2, -0.15) is 5.10 Å². The van der Waals surface area contributed by atoms with Crippen LogP contribution >= 0.6 is 0 Å². The van der Waals surface area contributed by atoms with E-state index in [2.05, 4.69) is 10.8 Å². The van der Waals surface area contributed by atoms with E-state index < -0.39 is 6.10 Å². The molecular weight excluding hydrogens is 433 g/mol. The van der Waals surface area contributed by atoms with Crippen molar-refractivity contribution in [3.63, 3.8) is 0 Å². The van der Waals surface area contributed by atoms with Crippen LogP contribution < -0.4 is 4.74 Å². The average Bonchev–Trinajstić information content (AvgIpc) is 3.60. The lowest BCUT2D eigenvalue weighted by Crippen LogP contribution is -2.36. The lowest BCUT2D eigenvalue weighted by molar-refractivity contribution is 0.0250. The van der Waals surface area contributed by atoms with Crippen LogP contribution in [-0.4, -0.2) is 52.2 Å². The molecular formula is C27H30FN3O3. The second kappa shape index (κ2) is 11.3. The molecule has 1 heterocycles. The van der Waals surface area contributed by atoms with Crippen molar-refractivity contribution in [1.82, 2.24) is 14.7 Å². The Labute approximate surface area is 199 Å². The van der Waals surface area contributed by atoms with Crippen LogP contribution in [0.2, 0.25) is 0 Å². The summed E-state index contributed by atoms with van der Waals surface area (Å²) in [5.74, 6) is 3.84. The zero-order valence-corrected chi connectivity index (χ0v) is 19.4. The Kier molecular flexibility index (Phi) is 7.96. The van der Waals surface area contributed by atoms with Gasteiger partial charge in [0.1, 0.15) is 23.9 Å². The van der Waals surface area contributed by atoms with Crippen molar-refractivity contribution in [2.45, 2.75) is 25.5 Å². The minimum absolute atomic E-state index is 0.177. The SMILES string of the molecule is C#CCOC[C@H](O)CN(Cc1c(-c2ccccc2)nn(C)c1Oc1ccc(F)cc1)CC1CC1. The fourth-order valence-electron chi connectivity index (χ4n) is 3.96. The fraction of sp³-hybridized carbons (Fsp3) is 0.370. The Hall–Kier alpha value is -3.18. The van der Waals surface area contributed by atoms with E-state index in [-0.39, 0.29) is 19.0 Å². The van der Waals surface area contributed by atoms with Crippen molar-refractivity contribution in [2.24, 2.45) is 13.0 Å². The van der Waals surface area contributed by atoms with Gasteiger partial charge in [0.2, 0.25) is 5.88 Å². The Bertz CT molecular complexity index is 1100. The predicted molar refractivity (Wildman–Crippen MR) is 129 cm³/mol. The molecule has 0 saturated heterocycles. The summed E-state index contributed by atoms with van der Waals surface area (Å²) < 4.78 is 26.7. The van der Waals surface area contributed by atoms with E-state index in [4.69, 9.17) is 21.0 Å². The number of aryl methyl sites for hydroxylation is 1. The molecule has 0 unspecified atom stereocenters. The van der Waals surface area contributed by atoms with Crippen molar-refractivity contribution >= 4 is 0 Å². The third-order valence-corrected chi connectivity index (χ3v) is 5.72. The number of aromatic nitrogens is 2. The number of hydrogen-bond acceptors (Lipinski definition) is 5. The molecule has 1 atom stereocenters. The minimum atomic E-state index is -0.662. The van der Waals surface area contributed by atoms with E-state index >= 15 is 0 Å². The molecule has 34 heavy (non-hydrogen) atoms. The number of ether oxygens (including phenoxy) is 2. The first-order valence-corrected chi connectivity index (χ1v) is 11.5. The summed E-state index contributed by atoms with van der Waals surface area (Å²) >= 11 is 0. The maximum Gasteiger partial charge on any atom is 0.222 e. The molecule has 1 aliphatic rings. The summed E-state index contributed by atoms with van der Waals surface area (Å²) in [5, 5.41) is 15.3. The quantitative estimate of drug-likeness (QED) is 0.322. The largest absolute Gasteiger partial charge is 0.439 e. The third-order valence-electron chi connectivity index (χ3n) is 5.72. The predicted octanol–water partition coefficient (Wildman–Crippen LogP) is 4.24. The molecule has 0 aliphatic heterocycles. The highest BCUT2D eigenvalue weighted by molar-refractivity contribution is 5.65. The van der Waals surface area contributed by atoms with E-state index in [1.54, 1.807) is 16.8 Å². The molecule has 0 radical (unpaired) electrons. The summed E-state index contributed by atoms with van der Waals surface area (Å²) in [5.41, 5.74) is 2.71. The molecule has 2 aromatic carbocycles. The Morgan fingerprint density at radius 1 is 1.21 bits per heavy atom. The van der Waals surface area contributed by atoms with E-state index in [0.717, 1.165) is 23.4 Å². The summed E-state index contributed by atoms with van der Waals surface area (Å²) in [4.78, 5) is 2.22. The monoisotopic (exact) mass is 463 g/mol. The van der Waals surface area contributed by atoms with Gasteiger partial charge in [0, 0.05) is 32.2 Å². The van der Waals surface area contributed by atoms with E-state index in [9.17, 15) is 9.50 Å². The van der Waals surface area contributed by atoms with Crippen molar-refractivity contribution in [3.05, 3.63) is 66.0 Å². The summed E-state index contributed by atoms with van der Waals surface area (Å²) in [7, 11) is 1.84. The second-order valence-electron chi connectivity index (χ2n) is 8.69. The van der Waals surface area contributed by atoms with Gasteiger partial charge in [-0.3, -0.25) is 4.90 Å². The average molecular weight is 464 g/mol. The highest BCUT2D eigenvalue weighted by Crippen LogP contribution is 2.36. The standard InChI is InChI=1S/C27H30FN3O3/c1-3-15-33-19-23(32)17-31(16-20-9-10-20)18-25-26(21-7-5-4-6-8-21)29-30(2)27(25)34-24-13-11-22(28)12-14-24/h1,4-8,11-14,20,23,32H,9-10,15-19H2,2H3/t23-/m1/s1. The first-order valence-electron chi connectivity index (χ1n) is 11.5. The van der Waals surface area contributed by atoms with Crippen LogP contribution in [0.3, 0.4) is 0 Å². The minimum Gasteiger partial charge on any atom is -0.439 e. The van der Waals surface area contributed by atoms with Gasteiger partial charge < -0.3 is 14.6 Å². The van der Waals surface area contributed by atoms with Crippen LogP contribution in [-0.2, 0) is 18.3 Å². The maximum absolute atomic E-state index is 13.4. The molecule has 1 N–H and O–H groups in total. The van der Waals surface area contributed by atoms with E-state index in [1.165, 1.54) is 25.0 Å². The normalized spacial score (nSPS) is 14.2. The molecule has 0 bridgehead atoms. The molecule has 1 aliphatic carbocycles. The first kappa shape index (κ1) is 24.0. The van der Waals surface area contributed by atoms with Gasteiger partial charge in [-0.25, -0.2) is 9.07 Å². The van der Waals surface area contributed by atoms with Crippen molar-refractivity contribution in [3.8, 4) is 35.2 Å². The maximum atomic E-state index is 13.4. The number of benzene rings is 2. The van der Waals surface area contributed by atoms with Crippen LogP contribution in [0, 0.1) is 24.1 Å². The third kappa shape index (κ3) is 6.45.